The summed E-state index contributed by atoms with van der Waals surface area (Å²) in [5.41, 5.74) is 2.71. The fraction of sp³-hybridized carbons (Fsp3) is 0.600. The van der Waals surface area contributed by atoms with Gasteiger partial charge >= 0.3 is 0 Å². The van der Waals surface area contributed by atoms with Gasteiger partial charge in [0.05, 0.1) is 4.90 Å². The SMILES string of the molecule is Cc1cc(CCl)cc(S(=O)(=O)N2CC3CCC2C3)c1C. The lowest BCUT2D eigenvalue weighted by Crippen LogP contribution is -2.38. The van der Waals surface area contributed by atoms with Gasteiger partial charge in [0.2, 0.25) is 10.0 Å². The van der Waals surface area contributed by atoms with Crippen LogP contribution >= 0.6 is 11.6 Å². The summed E-state index contributed by atoms with van der Waals surface area (Å²) in [5.74, 6) is 0.905. The van der Waals surface area contributed by atoms with E-state index in [1.54, 1.807) is 10.4 Å². The van der Waals surface area contributed by atoms with Crippen molar-refractivity contribution in [1.82, 2.24) is 4.31 Å². The highest BCUT2D eigenvalue weighted by Gasteiger charge is 2.44. The van der Waals surface area contributed by atoms with Gasteiger partial charge < -0.3 is 0 Å². The zero-order valence-corrected chi connectivity index (χ0v) is 13.5. The minimum Gasteiger partial charge on any atom is -0.207 e. The average Bonchev–Trinajstić information content (AvgIpc) is 3.04. The second kappa shape index (κ2) is 5.00. The van der Waals surface area contributed by atoms with Crippen LogP contribution in [0.3, 0.4) is 0 Å². The van der Waals surface area contributed by atoms with E-state index in [1.807, 2.05) is 19.9 Å². The van der Waals surface area contributed by atoms with Gasteiger partial charge in [0.15, 0.2) is 0 Å². The first-order chi connectivity index (χ1) is 9.43. The zero-order valence-electron chi connectivity index (χ0n) is 11.9. The number of benzene rings is 1. The molecule has 0 radical (unpaired) electrons. The number of alkyl halides is 1. The predicted octanol–water partition coefficient (Wildman–Crippen LogP) is 3.22. The highest BCUT2D eigenvalue weighted by atomic mass is 35.5. The third-order valence-corrected chi connectivity index (χ3v) is 7.13. The van der Waals surface area contributed by atoms with E-state index in [-0.39, 0.29) is 6.04 Å². The van der Waals surface area contributed by atoms with Crippen molar-refractivity contribution >= 4 is 21.6 Å². The molecular formula is C15H20ClNO2S. The molecule has 1 saturated carbocycles. The fourth-order valence-corrected chi connectivity index (χ4v) is 5.79. The van der Waals surface area contributed by atoms with E-state index in [1.165, 1.54) is 6.42 Å². The molecule has 5 heteroatoms. The first-order valence-corrected chi connectivity index (χ1v) is 9.09. The fourth-order valence-electron chi connectivity index (χ4n) is 3.54. The molecule has 2 atom stereocenters. The molecule has 2 aliphatic rings. The number of sulfonamides is 1. The summed E-state index contributed by atoms with van der Waals surface area (Å²) in [5, 5.41) is 0. The summed E-state index contributed by atoms with van der Waals surface area (Å²) in [4.78, 5) is 0.445. The van der Waals surface area contributed by atoms with Crippen LogP contribution in [-0.4, -0.2) is 25.3 Å². The van der Waals surface area contributed by atoms with Crippen LogP contribution in [0, 0.1) is 19.8 Å². The highest BCUT2D eigenvalue weighted by molar-refractivity contribution is 7.89. The second-order valence-electron chi connectivity index (χ2n) is 6.08. The van der Waals surface area contributed by atoms with E-state index >= 15 is 0 Å². The molecule has 1 aliphatic carbocycles. The molecule has 2 bridgehead atoms. The summed E-state index contributed by atoms with van der Waals surface area (Å²) in [6.07, 6.45) is 3.22. The van der Waals surface area contributed by atoms with Gasteiger partial charge in [-0.05, 0) is 61.8 Å². The maximum Gasteiger partial charge on any atom is 0.243 e. The first kappa shape index (κ1) is 14.4. The van der Waals surface area contributed by atoms with Crippen molar-refractivity contribution in [2.75, 3.05) is 6.54 Å². The lowest BCUT2D eigenvalue weighted by atomic mass is 10.1. The Bertz CT molecular complexity index is 642. The molecule has 0 N–H and O–H groups in total. The molecule has 2 unspecified atom stereocenters. The summed E-state index contributed by atoms with van der Waals surface area (Å²) < 4.78 is 27.6. The predicted molar refractivity (Wildman–Crippen MR) is 80.5 cm³/mol. The van der Waals surface area contributed by atoms with E-state index in [9.17, 15) is 8.42 Å². The summed E-state index contributed by atoms with van der Waals surface area (Å²) >= 11 is 5.89. The van der Waals surface area contributed by atoms with Crippen molar-refractivity contribution in [2.24, 2.45) is 5.92 Å². The molecule has 0 aromatic heterocycles. The van der Waals surface area contributed by atoms with Crippen LogP contribution in [0.4, 0.5) is 0 Å². The van der Waals surface area contributed by atoms with Crippen molar-refractivity contribution in [1.29, 1.82) is 0 Å². The molecule has 1 aromatic rings. The van der Waals surface area contributed by atoms with Gasteiger partial charge in [-0.3, -0.25) is 0 Å². The van der Waals surface area contributed by atoms with Crippen LogP contribution in [0.1, 0.15) is 36.0 Å². The third kappa shape index (κ3) is 2.18. The van der Waals surface area contributed by atoms with Crippen molar-refractivity contribution in [3.8, 4) is 0 Å². The molecule has 1 saturated heterocycles. The number of hydrogen-bond donors (Lipinski definition) is 0. The molecule has 20 heavy (non-hydrogen) atoms. The standard InChI is InChI=1S/C15H20ClNO2S/c1-10-5-13(8-16)7-15(11(10)2)20(18,19)17-9-12-3-4-14(17)6-12/h5,7,12,14H,3-4,6,8-9H2,1-2H3. The number of nitrogens with zero attached hydrogens (tertiary/aromatic N) is 1. The van der Waals surface area contributed by atoms with E-state index in [4.69, 9.17) is 11.6 Å². The van der Waals surface area contributed by atoms with Gasteiger partial charge in [0, 0.05) is 18.5 Å². The van der Waals surface area contributed by atoms with Crippen LogP contribution in [0.5, 0.6) is 0 Å². The Kier molecular flexibility index (Phi) is 3.59. The molecular weight excluding hydrogens is 294 g/mol. The summed E-state index contributed by atoms with van der Waals surface area (Å²) in [7, 11) is -3.38. The van der Waals surface area contributed by atoms with Gasteiger partial charge in [-0.1, -0.05) is 6.07 Å². The van der Waals surface area contributed by atoms with Gasteiger partial charge in [-0.25, -0.2) is 8.42 Å². The Morgan fingerprint density at radius 1 is 1.30 bits per heavy atom. The highest BCUT2D eigenvalue weighted by Crippen LogP contribution is 2.41. The second-order valence-corrected chi connectivity index (χ2v) is 8.20. The van der Waals surface area contributed by atoms with Gasteiger partial charge in [-0.15, -0.1) is 11.6 Å². The summed E-state index contributed by atoms with van der Waals surface area (Å²) in [6.45, 7) is 4.52. The third-order valence-electron chi connectivity index (χ3n) is 4.78. The average molecular weight is 314 g/mol. The number of aryl methyl sites for hydroxylation is 1. The van der Waals surface area contributed by atoms with Crippen LogP contribution in [0.2, 0.25) is 0 Å². The van der Waals surface area contributed by atoms with Crippen LogP contribution in [0.25, 0.3) is 0 Å². The Balaban J connectivity index is 2.05. The monoisotopic (exact) mass is 313 g/mol. The Morgan fingerprint density at radius 3 is 2.60 bits per heavy atom. The maximum atomic E-state index is 12.9. The lowest BCUT2D eigenvalue weighted by Gasteiger charge is -2.27. The van der Waals surface area contributed by atoms with Crippen molar-refractivity contribution < 1.29 is 8.42 Å². The van der Waals surface area contributed by atoms with Gasteiger partial charge in [0.25, 0.3) is 0 Å². The number of hydrogen-bond acceptors (Lipinski definition) is 2. The van der Waals surface area contributed by atoms with E-state index < -0.39 is 10.0 Å². The topological polar surface area (TPSA) is 37.4 Å². The van der Waals surface area contributed by atoms with Crippen molar-refractivity contribution in [3.05, 3.63) is 28.8 Å². The smallest absolute Gasteiger partial charge is 0.207 e. The van der Waals surface area contributed by atoms with Gasteiger partial charge in [0.1, 0.15) is 0 Å². The number of piperidine rings is 1. The number of fused-ring (bicyclic) bond motifs is 2. The lowest BCUT2D eigenvalue weighted by molar-refractivity contribution is 0.333. The molecule has 3 rings (SSSR count). The molecule has 0 spiro atoms. The molecule has 1 aromatic carbocycles. The van der Waals surface area contributed by atoms with Crippen molar-refractivity contribution in [2.45, 2.75) is 49.9 Å². The van der Waals surface area contributed by atoms with E-state index in [0.29, 0.717) is 23.2 Å². The van der Waals surface area contributed by atoms with E-state index in [2.05, 4.69) is 0 Å². The Labute approximate surface area is 126 Å². The molecule has 1 aliphatic heterocycles. The van der Waals surface area contributed by atoms with E-state index in [0.717, 1.165) is 29.5 Å². The molecule has 2 fully saturated rings. The largest absolute Gasteiger partial charge is 0.243 e. The first-order valence-electron chi connectivity index (χ1n) is 7.11. The number of rotatable bonds is 3. The van der Waals surface area contributed by atoms with Crippen LogP contribution in [-0.2, 0) is 15.9 Å². The molecule has 0 amide bonds. The Morgan fingerprint density at radius 2 is 2.05 bits per heavy atom. The normalized spacial score (nSPS) is 26.4. The Hall–Kier alpha value is -0.580. The minimum atomic E-state index is -3.38. The number of halogens is 1. The van der Waals surface area contributed by atoms with Gasteiger partial charge in [-0.2, -0.15) is 4.31 Å². The minimum absolute atomic E-state index is 0.212. The van der Waals surface area contributed by atoms with Crippen LogP contribution < -0.4 is 0 Å². The van der Waals surface area contributed by atoms with Crippen molar-refractivity contribution in [3.63, 3.8) is 0 Å². The quantitative estimate of drug-likeness (QED) is 0.804. The summed E-state index contributed by atoms with van der Waals surface area (Å²) in [6, 6.07) is 3.93. The maximum absolute atomic E-state index is 12.9. The van der Waals surface area contributed by atoms with Crippen LogP contribution in [0.15, 0.2) is 17.0 Å². The zero-order chi connectivity index (χ0) is 14.5. The molecule has 1 heterocycles. The molecule has 3 nitrogen and oxygen atoms in total. The molecule has 110 valence electrons.